The minimum absolute atomic E-state index is 0.0454. The number of amides is 1. The molecule has 4 fully saturated rings. The number of anilines is 2. The van der Waals surface area contributed by atoms with E-state index in [0.717, 1.165) is 77.3 Å². The number of piperazine rings is 1. The molecular formula is C35H40ClN7O3. The maximum absolute atomic E-state index is 13.5. The smallest absolute Gasteiger partial charge is 0.318 e. The first kappa shape index (κ1) is 29.7. The molecule has 10 nitrogen and oxygen atoms in total. The quantitative estimate of drug-likeness (QED) is 0.264. The van der Waals surface area contributed by atoms with E-state index < -0.39 is 0 Å². The molecule has 1 aromatic heterocycles. The molecule has 3 saturated heterocycles. The molecule has 1 saturated carbocycles. The number of hydrogen-bond acceptors (Lipinski definition) is 8. The van der Waals surface area contributed by atoms with E-state index in [1.807, 2.05) is 17.0 Å². The van der Waals surface area contributed by atoms with E-state index in [2.05, 4.69) is 50.9 Å². The third-order valence-electron chi connectivity index (χ3n) is 10.5. The van der Waals surface area contributed by atoms with Gasteiger partial charge in [0.25, 0.3) is 5.91 Å². The van der Waals surface area contributed by atoms with Gasteiger partial charge in [-0.05, 0) is 69.1 Å². The second kappa shape index (κ2) is 12.2. The lowest BCUT2D eigenvalue weighted by atomic mass is 10.0. The zero-order valence-electron chi connectivity index (χ0n) is 26.3. The first-order chi connectivity index (χ1) is 22.5. The van der Waals surface area contributed by atoms with Crippen molar-refractivity contribution in [3.63, 3.8) is 0 Å². The highest BCUT2D eigenvalue weighted by atomic mass is 35.5. The van der Waals surface area contributed by atoms with Crippen molar-refractivity contribution in [2.45, 2.75) is 62.9 Å². The molecule has 4 atom stereocenters. The Bertz CT molecular complexity index is 1690. The van der Waals surface area contributed by atoms with Crippen LogP contribution in [0.1, 0.15) is 36.9 Å². The van der Waals surface area contributed by atoms with E-state index in [-0.39, 0.29) is 30.7 Å². The van der Waals surface area contributed by atoms with Crippen molar-refractivity contribution < 1.29 is 14.3 Å². The van der Waals surface area contributed by atoms with Gasteiger partial charge in [-0.15, -0.1) is 0 Å². The fourth-order valence-corrected chi connectivity index (χ4v) is 7.97. The van der Waals surface area contributed by atoms with Crippen LogP contribution in [0.2, 0.25) is 5.02 Å². The number of likely N-dealkylation sites (tertiary alicyclic amines) is 1. The normalized spacial score (nSPS) is 26.2. The van der Waals surface area contributed by atoms with Gasteiger partial charge in [0, 0.05) is 48.9 Å². The minimum Gasteiger partial charge on any atom is -0.462 e. The third-order valence-corrected chi connectivity index (χ3v) is 10.8. The summed E-state index contributed by atoms with van der Waals surface area (Å²) in [5, 5.41) is 2.91. The lowest BCUT2D eigenvalue weighted by molar-refractivity contribution is -0.135. The summed E-state index contributed by atoms with van der Waals surface area (Å²) in [4.78, 5) is 36.1. The highest BCUT2D eigenvalue weighted by Crippen LogP contribution is 2.45. The largest absolute Gasteiger partial charge is 0.462 e. The molecule has 5 aliphatic rings. The maximum atomic E-state index is 13.5. The van der Waals surface area contributed by atoms with Crippen LogP contribution in [0.3, 0.4) is 0 Å². The molecule has 0 spiro atoms. The number of hydrogen-bond donors (Lipinski definition) is 0. The predicted octanol–water partition coefficient (Wildman–Crippen LogP) is 4.43. The van der Waals surface area contributed by atoms with E-state index in [1.54, 1.807) is 0 Å². The van der Waals surface area contributed by atoms with E-state index >= 15 is 0 Å². The zero-order valence-corrected chi connectivity index (χ0v) is 27.0. The second-order valence-corrected chi connectivity index (χ2v) is 13.9. The Balaban J connectivity index is 1.09. The van der Waals surface area contributed by atoms with Crippen molar-refractivity contribution in [2.75, 3.05) is 62.7 Å². The van der Waals surface area contributed by atoms with Gasteiger partial charge < -0.3 is 33.9 Å². The standard InChI is InChI=1S/C35H40ClN7O3/c1-37-18-25-19-42(16-17-43(25)34(44)32-31(46-32)23-11-12-23)33-26-13-15-41(29-10-4-7-22-6-3-9-27(36)30(22)29)20-28(26)38-35(39-33)45-21-24-8-5-14-40(24)2/h3-4,6-7,9-10,23-25,31-32H,5,8,11-21H2,2H3/t24-,25-,31-,32+/m0/s1. The van der Waals surface area contributed by atoms with Crippen LogP contribution in [-0.2, 0) is 22.5 Å². The Morgan fingerprint density at radius 3 is 2.70 bits per heavy atom. The van der Waals surface area contributed by atoms with E-state index in [1.165, 1.54) is 6.42 Å². The number of ether oxygens (including phenoxy) is 2. The molecule has 1 amide bonds. The Hall–Kier alpha value is -3.65. The number of fused-ring (bicyclic) bond motifs is 2. The fraction of sp³-hybridized carbons (Fsp3) is 0.543. The van der Waals surface area contributed by atoms with E-state index in [0.29, 0.717) is 50.8 Å². The monoisotopic (exact) mass is 641 g/mol. The topological polar surface area (TPSA) is 81.9 Å². The molecule has 0 N–H and O–H groups in total. The molecule has 1 aliphatic carbocycles. The van der Waals surface area contributed by atoms with Crippen LogP contribution in [0.25, 0.3) is 15.6 Å². The third kappa shape index (κ3) is 5.63. The summed E-state index contributed by atoms with van der Waals surface area (Å²) in [6, 6.07) is 12.9. The average molecular weight is 642 g/mol. The van der Waals surface area contributed by atoms with Crippen LogP contribution >= 0.6 is 11.6 Å². The van der Waals surface area contributed by atoms with Crippen LogP contribution < -0.4 is 14.5 Å². The number of rotatable bonds is 8. The summed E-state index contributed by atoms with van der Waals surface area (Å²) in [6.45, 7) is 12.7. The van der Waals surface area contributed by atoms with Gasteiger partial charge in [-0.3, -0.25) is 4.79 Å². The Morgan fingerprint density at radius 1 is 1.07 bits per heavy atom. The predicted molar refractivity (Wildman–Crippen MR) is 177 cm³/mol. The molecule has 0 unspecified atom stereocenters. The Kier molecular flexibility index (Phi) is 7.87. The van der Waals surface area contributed by atoms with Crippen LogP contribution in [0.5, 0.6) is 6.01 Å². The van der Waals surface area contributed by atoms with Crippen LogP contribution in [0.15, 0.2) is 36.4 Å². The number of halogens is 1. The molecule has 11 heteroatoms. The molecule has 0 radical (unpaired) electrons. The summed E-state index contributed by atoms with van der Waals surface area (Å²) >= 11 is 6.73. The lowest BCUT2D eigenvalue weighted by Crippen LogP contribution is -2.58. The first-order valence-corrected chi connectivity index (χ1v) is 17.1. The van der Waals surface area contributed by atoms with Crippen molar-refractivity contribution in [3.8, 4) is 6.01 Å². The second-order valence-electron chi connectivity index (χ2n) is 13.5. The molecule has 8 rings (SSSR count). The fourth-order valence-electron chi connectivity index (χ4n) is 7.69. The number of aromatic nitrogens is 2. The highest BCUT2D eigenvalue weighted by Gasteiger charge is 2.55. The van der Waals surface area contributed by atoms with Gasteiger partial charge in [0.1, 0.15) is 18.5 Å². The van der Waals surface area contributed by atoms with Crippen molar-refractivity contribution in [1.29, 1.82) is 0 Å². The molecule has 3 aromatic rings. The van der Waals surface area contributed by atoms with Gasteiger partial charge in [0.05, 0.1) is 23.4 Å². The van der Waals surface area contributed by atoms with Crippen molar-refractivity contribution >= 4 is 39.8 Å². The lowest BCUT2D eigenvalue weighted by Gasteiger charge is -2.41. The van der Waals surface area contributed by atoms with Gasteiger partial charge in [-0.25, -0.2) is 6.57 Å². The van der Waals surface area contributed by atoms with Gasteiger partial charge in [0.2, 0.25) is 6.54 Å². The molecule has 5 heterocycles. The molecule has 2 aromatic carbocycles. The molecule has 0 bridgehead atoms. The molecule has 4 aliphatic heterocycles. The minimum atomic E-state index is -0.332. The van der Waals surface area contributed by atoms with E-state index in [4.69, 9.17) is 37.6 Å². The Labute approximate surface area is 275 Å². The summed E-state index contributed by atoms with van der Waals surface area (Å²) in [6.07, 6.45) is 5.08. The van der Waals surface area contributed by atoms with Crippen molar-refractivity contribution in [1.82, 2.24) is 19.8 Å². The molecule has 240 valence electrons. The summed E-state index contributed by atoms with van der Waals surface area (Å²) < 4.78 is 12.1. The van der Waals surface area contributed by atoms with Crippen LogP contribution in [0, 0.1) is 12.5 Å². The maximum Gasteiger partial charge on any atom is 0.318 e. The summed E-state index contributed by atoms with van der Waals surface area (Å²) in [7, 11) is 2.14. The summed E-state index contributed by atoms with van der Waals surface area (Å²) in [5.41, 5.74) is 3.17. The van der Waals surface area contributed by atoms with Gasteiger partial charge in [-0.2, -0.15) is 9.97 Å². The number of carbonyl (C=O) groups is 1. The van der Waals surface area contributed by atoms with Gasteiger partial charge in [0.15, 0.2) is 6.10 Å². The van der Waals surface area contributed by atoms with Crippen LogP contribution in [0.4, 0.5) is 11.5 Å². The zero-order chi connectivity index (χ0) is 31.4. The van der Waals surface area contributed by atoms with Crippen molar-refractivity contribution in [2.24, 2.45) is 5.92 Å². The molecular weight excluding hydrogens is 602 g/mol. The number of nitrogens with zero attached hydrogens (tertiary/aromatic N) is 7. The van der Waals surface area contributed by atoms with Gasteiger partial charge in [-0.1, -0.05) is 35.9 Å². The van der Waals surface area contributed by atoms with Gasteiger partial charge >= 0.3 is 6.01 Å². The first-order valence-electron chi connectivity index (χ1n) is 16.7. The SMILES string of the molecule is [C-]#[N+]C[C@H]1CN(c2nc(OC[C@@H]3CCCN3C)nc3c2CCN(c2cccc4cccc(Cl)c24)C3)CCN1C(=O)[C@@H]1O[C@H]1C1CC1. The van der Waals surface area contributed by atoms with E-state index in [9.17, 15) is 4.79 Å². The van der Waals surface area contributed by atoms with Crippen molar-refractivity contribution in [3.05, 3.63) is 64.1 Å². The number of epoxide rings is 1. The number of benzene rings is 2. The van der Waals surface area contributed by atoms with Crippen LogP contribution in [-0.4, -0.2) is 103 Å². The Morgan fingerprint density at radius 2 is 1.91 bits per heavy atom. The number of likely N-dealkylation sites (N-methyl/N-ethyl adjacent to an activating group) is 1. The number of carbonyl (C=O) groups excluding carboxylic acids is 1. The molecule has 46 heavy (non-hydrogen) atoms. The summed E-state index contributed by atoms with van der Waals surface area (Å²) in [5.74, 6) is 1.45. The highest BCUT2D eigenvalue weighted by molar-refractivity contribution is 6.36. The average Bonchev–Trinajstić information content (AvgIpc) is 4.00.